The van der Waals surface area contributed by atoms with E-state index in [1.807, 2.05) is 6.92 Å². The topological polar surface area (TPSA) is 84.2 Å². The molecule has 0 amide bonds. The van der Waals surface area contributed by atoms with E-state index >= 15 is 0 Å². The Balaban J connectivity index is 1.94. The van der Waals surface area contributed by atoms with Crippen LogP contribution in [0, 0.1) is 5.92 Å². The first-order valence-electron chi connectivity index (χ1n) is 7.97. The molecule has 0 radical (unpaired) electrons. The van der Waals surface area contributed by atoms with Gasteiger partial charge in [0.1, 0.15) is 0 Å². The van der Waals surface area contributed by atoms with Gasteiger partial charge in [0.05, 0.1) is 25.4 Å². The number of aliphatic hydroxyl groups is 4. The summed E-state index contributed by atoms with van der Waals surface area (Å²) in [5.74, 6) is -0.306. The maximum absolute atomic E-state index is 10.4. The standard InChI is InChI=1S/C17H27NO4/c1-12(16(21)9-18-8-2-3-15(18)11-20)17(22)14-6-4-13(10-19)5-7-14/h4-7,12,15-17,19-22H,2-3,8-11H2,1H3/t12-,15-,16+,17+/m0/s1. The molecular weight excluding hydrogens is 282 g/mol. The van der Waals surface area contributed by atoms with Gasteiger partial charge in [-0.25, -0.2) is 0 Å². The van der Waals surface area contributed by atoms with Gasteiger partial charge in [0.15, 0.2) is 0 Å². The lowest BCUT2D eigenvalue weighted by Crippen LogP contribution is -2.41. The Morgan fingerprint density at radius 1 is 1.18 bits per heavy atom. The number of nitrogens with zero attached hydrogens (tertiary/aromatic N) is 1. The van der Waals surface area contributed by atoms with Crippen molar-refractivity contribution in [3.8, 4) is 0 Å². The van der Waals surface area contributed by atoms with Crippen molar-refractivity contribution in [2.45, 2.75) is 44.6 Å². The molecule has 0 saturated carbocycles. The highest BCUT2D eigenvalue weighted by atomic mass is 16.3. The summed E-state index contributed by atoms with van der Waals surface area (Å²) in [5, 5.41) is 39.2. The molecule has 0 unspecified atom stereocenters. The molecule has 1 aromatic rings. The molecule has 4 atom stereocenters. The SMILES string of the molecule is C[C@@H]([C@H](O)CN1CCC[C@H]1CO)[C@@H](O)c1ccc(CO)cc1. The molecule has 0 aliphatic carbocycles. The van der Waals surface area contributed by atoms with E-state index in [9.17, 15) is 15.3 Å². The van der Waals surface area contributed by atoms with E-state index in [0.717, 1.165) is 30.5 Å². The van der Waals surface area contributed by atoms with Crippen LogP contribution in [0.4, 0.5) is 0 Å². The third-order valence-electron chi connectivity index (χ3n) is 4.74. The minimum atomic E-state index is -0.752. The van der Waals surface area contributed by atoms with Crippen LogP contribution in [0.2, 0.25) is 0 Å². The number of rotatable bonds is 7. The summed E-state index contributed by atoms with van der Waals surface area (Å²) in [4.78, 5) is 2.10. The van der Waals surface area contributed by atoms with Crippen LogP contribution in [0.25, 0.3) is 0 Å². The Morgan fingerprint density at radius 2 is 1.86 bits per heavy atom. The molecule has 0 bridgehead atoms. The van der Waals surface area contributed by atoms with Gasteiger partial charge in [-0.2, -0.15) is 0 Å². The third-order valence-corrected chi connectivity index (χ3v) is 4.74. The first-order chi connectivity index (χ1) is 10.6. The molecule has 1 saturated heterocycles. The maximum Gasteiger partial charge on any atom is 0.0840 e. The summed E-state index contributed by atoms with van der Waals surface area (Å²) < 4.78 is 0. The summed E-state index contributed by atoms with van der Waals surface area (Å²) in [6.07, 6.45) is 0.595. The molecule has 1 fully saturated rings. The van der Waals surface area contributed by atoms with Gasteiger partial charge in [0, 0.05) is 18.5 Å². The molecular formula is C17H27NO4. The summed E-state index contributed by atoms with van der Waals surface area (Å²) in [7, 11) is 0. The number of benzene rings is 1. The number of β-amino-alcohol motifs (C(OH)–C–C–N with tert-alkyl or cyclic N) is 1. The van der Waals surface area contributed by atoms with Crippen LogP contribution in [0.1, 0.15) is 37.0 Å². The van der Waals surface area contributed by atoms with Gasteiger partial charge in [-0.05, 0) is 30.5 Å². The molecule has 1 heterocycles. The van der Waals surface area contributed by atoms with Gasteiger partial charge in [-0.15, -0.1) is 0 Å². The minimum absolute atomic E-state index is 0.0218. The van der Waals surface area contributed by atoms with Crippen LogP contribution >= 0.6 is 0 Å². The van der Waals surface area contributed by atoms with Crippen molar-refractivity contribution in [1.29, 1.82) is 0 Å². The quantitative estimate of drug-likeness (QED) is 0.595. The van der Waals surface area contributed by atoms with Crippen LogP contribution in [0.3, 0.4) is 0 Å². The molecule has 124 valence electrons. The zero-order chi connectivity index (χ0) is 16.1. The molecule has 0 spiro atoms. The molecule has 1 aromatic carbocycles. The van der Waals surface area contributed by atoms with Gasteiger partial charge >= 0.3 is 0 Å². The lowest BCUT2D eigenvalue weighted by Gasteiger charge is -2.30. The summed E-state index contributed by atoms with van der Waals surface area (Å²) in [5.41, 5.74) is 1.54. The van der Waals surface area contributed by atoms with Crippen molar-refractivity contribution in [2.24, 2.45) is 5.92 Å². The Hall–Kier alpha value is -0.980. The fourth-order valence-electron chi connectivity index (χ4n) is 3.08. The monoisotopic (exact) mass is 309 g/mol. The number of aliphatic hydroxyl groups excluding tert-OH is 4. The highest BCUT2D eigenvalue weighted by Gasteiger charge is 2.30. The molecule has 22 heavy (non-hydrogen) atoms. The summed E-state index contributed by atoms with van der Waals surface area (Å²) >= 11 is 0. The largest absolute Gasteiger partial charge is 0.395 e. The Kier molecular flexibility index (Phi) is 6.35. The highest BCUT2D eigenvalue weighted by Crippen LogP contribution is 2.27. The van der Waals surface area contributed by atoms with E-state index < -0.39 is 12.2 Å². The van der Waals surface area contributed by atoms with Crippen molar-refractivity contribution in [3.05, 3.63) is 35.4 Å². The molecule has 4 N–H and O–H groups in total. The summed E-state index contributed by atoms with van der Waals surface area (Å²) in [6, 6.07) is 7.25. The van der Waals surface area contributed by atoms with E-state index in [1.54, 1.807) is 24.3 Å². The van der Waals surface area contributed by atoms with Crippen molar-refractivity contribution in [1.82, 2.24) is 4.90 Å². The van der Waals surface area contributed by atoms with Crippen molar-refractivity contribution >= 4 is 0 Å². The van der Waals surface area contributed by atoms with Crippen LogP contribution < -0.4 is 0 Å². The summed E-state index contributed by atoms with van der Waals surface area (Å²) in [6.45, 7) is 3.28. The lowest BCUT2D eigenvalue weighted by molar-refractivity contribution is -0.00406. The van der Waals surface area contributed by atoms with Crippen molar-refractivity contribution < 1.29 is 20.4 Å². The van der Waals surface area contributed by atoms with Crippen molar-refractivity contribution in [2.75, 3.05) is 19.7 Å². The van der Waals surface area contributed by atoms with E-state index in [2.05, 4.69) is 4.90 Å². The van der Waals surface area contributed by atoms with Crippen molar-refractivity contribution in [3.63, 3.8) is 0 Å². The molecule has 1 aliphatic rings. The molecule has 2 rings (SSSR count). The third kappa shape index (κ3) is 4.06. The van der Waals surface area contributed by atoms with Crippen LogP contribution in [-0.2, 0) is 6.61 Å². The second kappa shape index (κ2) is 8.04. The predicted molar refractivity (Wildman–Crippen MR) is 84.2 cm³/mol. The van der Waals surface area contributed by atoms with Crippen LogP contribution in [-0.4, -0.2) is 57.2 Å². The molecule has 5 heteroatoms. The molecule has 5 nitrogen and oxygen atoms in total. The van der Waals surface area contributed by atoms with Crippen LogP contribution in [0.5, 0.6) is 0 Å². The Labute approximate surface area is 131 Å². The minimum Gasteiger partial charge on any atom is -0.395 e. The fourth-order valence-corrected chi connectivity index (χ4v) is 3.08. The fraction of sp³-hybridized carbons (Fsp3) is 0.647. The lowest BCUT2D eigenvalue weighted by atomic mass is 9.91. The second-order valence-corrected chi connectivity index (χ2v) is 6.24. The molecule has 1 aliphatic heterocycles. The first-order valence-corrected chi connectivity index (χ1v) is 7.97. The van der Waals surface area contributed by atoms with Gasteiger partial charge in [0.25, 0.3) is 0 Å². The van der Waals surface area contributed by atoms with E-state index in [4.69, 9.17) is 5.11 Å². The number of hydrogen-bond acceptors (Lipinski definition) is 5. The predicted octanol–water partition coefficient (Wildman–Crippen LogP) is 0.666. The van der Waals surface area contributed by atoms with E-state index in [1.165, 1.54) is 0 Å². The highest BCUT2D eigenvalue weighted by molar-refractivity contribution is 5.24. The Bertz CT molecular complexity index is 450. The average molecular weight is 309 g/mol. The zero-order valence-electron chi connectivity index (χ0n) is 13.1. The van der Waals surface area contributed by atoms with Gasteiger partial charge in [0.2, 0.25) is 0 Å². The van der Waals surface area contributed by atoms with Crippen LogP contribution in [0.15, 0.2) is 24.3 Å². The zero-order valence-corrected chi connectivity index (χ0v) is 13.1. The smallest absolute Gasteiger partial charge is 0.0840 e. The molecule has 0 aromatic heterocycles. The number of hydrogen-bond donors (Lipinski definition) is 4. The van der Waals surface area contributed by atoms with Gasteiger partial charge < -0.3 is 20.4 Å². The number of likely N-dealkylation sites (tertiary alicyclic amines) is 1. The first kappa shape index (κ1) is 17.4. The normalized spacial score (nSPS) is 23.4. The Morgan fingerprint density at radius 3 is 2.45 bits per heavy atom. The second-order valence-electron chi connectivity index (χ2n) is 6.24. The van der Waals surface area contributed by atoms with Gasteiger partial charge in [-0.1, -0.05) is 31.2 Å². The van der Waals surface area contributed by atoms with E-state index in [0.29, 0.717) is 6.54 Å². The van der Waals surface area contributed by atoms with E-state index in [-0.39, 0.29) is 25.2 Å². The van der Waals surface area contributed by atoms with Gasteiger partial charge in [-0.3, -0.25) is 4.90 Å². The maximum atomic E-state index is 10.4. The average Bonchev–Trinajstić information content (AvgIpc) is 3.00.